The predicted molar refractivity (Wildman–Crippen MR) is 89.5 cm³/mol. The Morgan fingerprint density at radius 1 is 1.35 bits per heavy atom. The maximum Gasteiger partial charge on any atom is 0.147 e. The van der Waals surface area contributed by atoms with Gasteiger partial charge in [-0.25, -0.2) is 0 Å². The van der Waals surface area contributed by atoms with E-state index in [0.29, 0.717) is 10.9 Å². The molecule has 0 amide bonds. The lowest BCUT2D eigenvalue weighted by Gasteiger charge is -2.05. The molecule has 0 spiro atoms. The van der Waals surface area contributed by atoms with Gasteiger partial charge >= 0.3 is 0 Å². The summed E-state index contributed by atoms with van der Waals surface area (Å²) in [7, 11) is 0. The minimum absolute atomic E-state index is 0.673. The minimum atomic E-state index is 0.673. The van der Waals surface area contributed by atoms with E-state index in [9.17, 15) is 0 Å². The number of nitrogens with zero attached hydrogens (tertiary/aromatic N) is 2. The molecule has 0 saturated heterocycles. The summed E-state index contributed by atoms with van der Waals surface area (Å²) in [5, 5.41) is 14.6. The van der Waals surface area contributed by atoms with Crippen LogP contribution in [0.25, 0.3) is 10.6 Å². The lowest BCUT2D eigenvalue weighted by atomic mass is 10.2. The molecule has 0 bridgehead atoms. The quantitative estimate of drug-likeness (QED) is 0.761. The van der Waals surface area contributed by atoms with E-state index in [-0.39, 0.29) is 0 Å². The Morgan fingerprint density at radius 2 is 2.15 bits per heavy atom. The number of hydrogen-bond donors (Lipinski definition) is 1. The summed E-state index contributed by atoms with van der Waals surface area (Å²) < 4.78 is 0.881. The Bertz CT molecular complexity index is 571. The van der Waals surface area contributed by atoms with Crippen LogP contribution in [0, 0.1) is 5.92 Å². The van der Waals surface area contributed by atoms with Gasteiger partial charge in [-0.05, 0) is 40.5 Å². The molecule has 0 aliphatic rings. The lowest BCUT2D eigenvalue weighted by Crippen LogP contribution is -2.22. The van der Waals surface area contributed by atoms with Gasteiger partial charge in [0.05, 0.1) is 5.02 Å². The fraction of sp³-hybridized carbons (Fsp3) is 0.429. The van der Waals surface area contributed by atoms with Crippen molar-refractivity contribution in [2.75, 3.05) is 13.1 Å². The van der Waals surface area contributed by atoms with Crippen LogP contribution in [-0.4, -0.2) is 23.3 Å². The third kappa shape index (κ3) is 4.52. The van der Waals surface area contributed by atoms with Crippen LogP contribution in [0.2, 0.25) is 5.02 Å². The maximum atomic E-state index is 6.00. The highest BCUT2D eigenvalue weighted by Crippen LogP contribution is 2.30. The normalized spacial score (nSPS) is 11.2. The Morgan fingerprint density at radius 3 is 2.85 bits per heavy atom. The van der Waals surface area contributed by atoms with E-state index in [4.69, 9.17) is 11.6 Å². The summed E-state index contributed by atoms with van der Waals surface area (Å²) in [6, 6.07) is 5.81. The number of halogens is 2. The average molecular weight is 375 g/mol. The maximum absolute atomic E-state index is 6.00. The van der Waals surface area contributed by atoms with Gasteiger partial charge < -0.3 is 5.32 Å². The number of rotatable bonds is 6. The zero-order valence-corrected chi connectivity index (χ0v) is 14.6. The first-order valence-corrected chi connectivity index (χ1v) is 8.53. The Labute approximate surface area is 136 Å². The second-order valence-corrected chi connectivity index (χ2v) is 7.30. The number of benzene rings is 1. The van der Waals surface area contributed by atoms with Gasteiger partial charge in [-0.2, -0.15) is 0 Å². The van der Waals surface area contributed by atoms with Crippen LogP contribution in [0.1, 0.15) is 18.9 Å². The van der Waals surface area contributed by atoms with E-state index in [2.05, 4.69) is 45.3 Å². The van der Waals surface area contributed by atoms with Crippen molar-refractivity contribution in [3.05, 3.63) is 32.7 Å². The molecular weight excluding hydrogens is 358 g/mol. The smallest absolute Gasteiger partial charge is 0.147 e. The van der Waals surface area contributed by atoms with Crippen molar-refractivity contribution in [2.45, 2.75) is 20.3 Å². The van der Waals surface area contributed by atoms with Crippen LogP contribution in [0.3, 0.4) is 0 Å². The molecule has 108 valence electrons. The fourth-order valence-electron chi connectivity index (χ4n) is 1.69. The fourth-order valence-corrected chi connectivity index (χ4v) is 3.02. The van der Waals surface area contributed by atoms with Crippen LogP contribution in [0.4, 0.5) is 0 Å². The van der Waals surface area contributed by atoms with Crippen LogP contribution in [0.15, 0.2) is 22.7 Å². The molecule has 1 N–H and O–H groups in total. The SMILES string of the molecule is CC(C)CNCCc1nnc(-c2ccc(Cl)c(Br)c2)s1. The largest absolute Gasteiger partial charge is 0.316 e. The van der Waals surface area contributed by atoms with Gasteiger partial charge in [-0.3, -0.25) is 0 Å². The molecule has 0 saturated carbocycles. The van der Waals surface area contributed by atoms with Gasteiger partial charge in [0.2, 0.25) is 0 Å². The number of aromatic nitrogens is 2. The molecule has 3 nitrogen and oxygen atoms in total. The molecule has 0 aliphatic carbocycles. The van der Waals surface area contributed by atoms with Gasteiger partial charge in [-0.1, -0.05) is 42.9 Å². The van der Waals surface area contributed by atoms with E-state index in [1.54, 1.807) is 11.3 Å². The highest BCUT2D eigenvalue weighted by molar-refractivity contribution is 9.10. The summed E-state index contributed by atoms with van der Waals surface area (Å²) in [6.07, 6.45) is 0.916. The Kier molecular flexibility index (Phi) is 5.96. The van der Waals surface area contributed by atoms with Gasteiger partial charge in [-0.15, -0.1) is 10.2 Å². The zero-order valence-electron chi connectivity index (χ0n) is 11.5. The molecular formula is C14H17BrClN3S. The molecule has 6 heteroatoms. The van der Waals surface area contributed by atoms with Crippen molar-refractivity contribution in [3.8, 4) is 10.6 Å². The molecule has 0 radical (unpaired) electrons. The van der Waals surface area contributed by atoms with Crippen molar-refractivity contribution in [1.82, 2.24) is 15.5 Å². The van der Waals surface area contributed by atoms with Crippen LogP contribution in [0.5, 0.6) is 0 Å². The molecule has 0 aliphatic heterocycles. The number of nitrogens with one attached hydrogen (secondary N) is 1. The lowest BCUT2D eigenvalue weighted by molar-refractivity contribution is 0.553. The van der Waals surface area contributed by atoms with E-state index < -0.39 is 0 Å². The monoisotopic (exact) mass is 373 g/mol. The standard InChI is InChI=1S/C14H17BrClN3S/c1-9(2)8-17-6-5-13-18-19-14(20-13)10-3-4-12(16)11(15)7-10/h3-4,7,9,17H,5-6,8H2,1-2H3. The average Bonchev–Trinajstić information content (AvgIpc) is 2.86. The summed E-state index contributed by atoms with van der Waals surface area (Å²) in [5.74, 6) is 0.673. The van der Waals surface area contributed by atoms with Crippen LogP contribution >= 0.6 is 38.9 Å². The second-order valence-electron chi connectivity index (χ2n) is 4.98. The van der Waals surface area contributed by atoms with Gasteiger partial charge in [0.1, 0.15) is 10.0 Å². The predicted octanol–water partition coefficient (Wildman–Crippen LogP) is 4.41. The molecule has 0 atom stereocenters. The molecule has 1 aromatic carbocycles. The summed E-state index contributed by atoms with van der Waals surface area (Å²) in [5.41, 5.74) is 1.04. The van der Waals surface area contributed by atoms with E-state index >= 15 is 0 Å². The molecule has 0 fully saturated rings. The third-order valence-electron chi connectivity index (χ3n) is 2.70. The molecule has 1 heterocycles. The first kappa shape index (κ1) is 15.9. The third-order valence-corrected chi connectivity index (χ3v) is 4.95. The van der Waals surface area contributed by atoms with Gasteiger partial charge in [0.25, 0.3) is 0 Å². The highest BCUT2D eigenvalue weighted by Gasteiger charge is 2.08. The molecule has 2 aromatic rings. The van der Waals surface area contributed by atoms with Gasteiger partial charge in [0.15, 0.2) is 0 Å². The summed E-state index contributed by atoms with van der Waals surface area (Å²) >= 11 is 11.1. The van der Waals surface area contributed by atoms with Crippen molar-refractivity contribution in [2.24, 2.45) is 5.92 Å². The molecule has 1 aromatic heterocycles. The molecule has 20 heavy (non-hydrogen) atoms. The number of hydrogen-bond acceptors (Lipinski definition) is 4. The minimum Gasteiger partial charge on any atom is -0.316 e. The van der Waals surface area contributed by atoms with Crippen molar-refractivity contribution in [1.29, 1.82) is 0 Å². The first-order valence-electron chi connectivity index (χ1n) is 6.55. The van der Waals surface area contributed by atoms with E-state index in [1.807, 2.05) is 18.2 Å². The van der Waals surface area contributed by atoms with Crippen molar-refractivity contribution >= 4 is 38.9 Å². The Hall–Kier alpha value is -0.490. The van der Waals surface area contributed by atoms with Crippen molar-refractivity contribution in [3.63, 3.8) is 0 Å². The highest BCUT2D eigenvalue weighted by atomic mass is 79.9. The zero-order chi connectivity index (χ0) is 14.5. The second kappa shape index (κ2) is 7.50. The Balaban J connectivity index is 1.96. The van der Waals surface area contributed by atoms with Crippen LogP contribution in [-0.2, 0) is 6.42 Å². The summed E-state index contributed by atoms with van der Waals surface area (Å²) in [6.45, 7) is 6.38. The topological polar surface area (TPSA) is 37.8 Å². The van der Waals surface area contributed by atoms with E-state index in [0.717, 1.165) is 39.6 Å². The van der Waals surface area contributed by atoms with Crippen LogP contribution < -0.4 is 5.32 Å². The van der Waals surface area contributed by atoms with E-state index in [1.165, 1.54) is 0 Å². The first-order chi connectivity index (χ1) is 9.56. The van der Waals surface area contributed by atoms with Gasteiger partial charge in [0, 0.05) is 23.0 Å². The molecule has 0 unspecified atom stereocenters. The molecule has 2 rings (SSSR count). The summed E-state index contributed by atoms with van der Waals surface area (Å²) in [4.78, 5) is 0. The van der Waals surface area contributed by atoms with Crippen molar-refractivity contribution < 1.29 is 0 Å².